The molecule has 1 atom stereocenters. The van der Waals surface area contributed by atoms with Gasteiger partial charge in [0.2, 0.25) is 11.8 Å². The van der Waals surface area contributed by atoms with Crippen LogP contribution in [0.3, 0.4) is 0 Å². The van der Waals surface area contributed by atoms with Crippen LogP contribution in [0.5, 0.6) is 11.6 Å². The van der Waals surface area contributed by atoms with E-state index in [-0.39, 0.29) is 41.6 Å². The number of hydrogen-bond donors (Lipinski definition) is 1. The number of alkyl halides is 1. The van der Waals surface area contributed by atoms with Crippen molar-refractivity contribution in [3.8, 4) is 22.9 Å². The van der Waals surface area contributed by atoms with E-state index in [2.05, 4.69) is 27.2 Å². The number of pyridine rings is 1. The van der Waals surface area contributed by atoms with Gasteiger partial charge in [0.05, 0.1) is 24.5 Å². The first-order valence-electron chi connectivity index (χ1n) is 14.0. The molecule has 2 aliphatic heterocycles. The number of nitrogens with one attached hydrogen (secondary N) is 1. The molecule has 0 aliphatic carbocycles. The molecule has 1 N–H and O–H groups in total. The lowest BCUT2D eigenvalue weighted by molar-refractivity contribution is -0.0475. The van der Waals surface area contributed by atoms with E-state index in [4.69, 9.17) is 14.5 Å². The number of ether oxygens (including phenoxy) is 2. The third-order valence-corrected chi connectivity index (χ3v) is 7.38. The Labute approximate surface area is 238 Å². The molecule has 1 fully saturated rings. The zero-order valence-electron chi connectivity index (χ0n) is 24.3. The number of benzene rings is 1. The topological polar surface area (TPSA) is 75.6 Å². The van der Waals surface area contributed by atoms with Crippen LogP contribution in [0.4, 0.5) is 30.6 Å². The standard InChI is InChI=1S/C30H37F3N6O2/c1-17(2)39-16-30(5,33)41-27-22(31)13-20(14-24(27)39)26-23(32)15-34-29(37-26)36-25-8-7-21(28(35-25)40-18(3)4)19-9-11-38(6)12-10-19/h7-8,13-15,17-19H,9-12,16H2,1-6H3,(H,34,35,36,37). The largest absolute Gasteiger partial charge is 0.475 e. The molecule has 41 heavy (non-hydrogen) atoms. The van der Waals surface area contributed by atoms with Crippen molar-refractivity contribution in [2.24, 2.45) is 0 Å². The molecule has 8 nitrogen and oxygen atoms in total. The Kier molecular flexibility index (Phi) is 8.00. The zero-order valence-corrected chi connectivity index (χ0v) is 24.3. The van der Waals surface area contributed by atoms with Gasteiger partial charge in [0.25, 0.3) is 5.85 Å². The first kappa shape index (κ1) is 28.9. The van der Waals surface area contributed by atoms with Gasteiger partial charge in [0.15, 0.2) is 17.4 Å². The third kappa shape index (κ3) is 6.34. The summed E-state index contributed by atoms with van der Waals surface area (Å²) in [5.74, 6) is -2.39. The highest BCUT2D eigenvalue weighted by molar-refractivity contribution is 5.73. The number of hydrogen-bond acceptors (Lipinski definition) is 8. The Hall–Kier alpha value is -3.60. The minimum Gasteiger partial charge on any atom is -0.475 e. The average Bonchev–Trinajstić information content (AvgIpc) is 2.90. The van der Waals surface area contributed by atoms with Crippen molar-refractivity contribution < 1.29 is 22.6 Å². The van der Waals surface area contributed by atoms with Crippen LogP contribution >= 0.6 is 0 Å². The molecule has 2 aromatic heterocycles. The number of likely N-dealkylation sites (tertiary alicyclic amines) is 1. The van der Waals surface area contributed by atoms with Crippen LogP contribution in [0, 0.1) is 11.6 Å². The first-order chi connectivity index (χ1) is 19.4. The predicted octanol–water partition coefficient (Wildman–Crippen LogP) is 6.45. The molecular formula is C30H37F3N6O2. The molecule has 1 aromatic carbocycles. The van der Waals surface area contributed by atoms with Crippen molar-refractivity contribution in [2.45, 2.75) is 71.4 Å². The monoisotopic (exact) mass is 570 g/mol. The second-order valence-corrected chi connectivity index (χ2v) is 11.6. The van der Waals surface area contributed by atoms with Crippen LogP contribution in [0.15, 0.2) is 30.5 Å². The second-order valence-electron chi connectivity index (χ2n) is 11.6. The summed E-state index contributed by atoms with van der Waals surface area (Å²) < 4.78 is 56.4. The molecule has 0 bridgehead atoms. The fourth-order valence-corrected chi connectivity index (χ4v) is 5.34. The van der Waals surface area contributed by atoms with Gasteiger partial charge in [0.1, 0.15) is 11.5 Å². The van der Waals surface area contributed by atoms with Crippen LogP contribution in [0.1, 0.15) is 58.9 Å². The molecule has 1 saturated heterocycles. The Balaban J connectivity index is 1.46. The maximum Gasteiger partial charge on any atom is 0.263 e. The van der Waals surface area contributed by atoms with E-state index in [0.29, 0.717) is 23.3 Å². The van der Waals surface area contributed by atoms with Crippen LogP contribution in [-0.4, -0.2) is 64.5 Å². The molecule has 11 heteroatoms. The molecule has 220 valence electrons. The Bertz CT molecular complexity index is 1410. The SMILES string of the molecule is CC(C)Oc1nc(Nc2ncc(F)c(-c3cc(F)c4c(c3)N(C(C)C)CC(C)(F)O4)n2)ccc1C1CCN(C)CC1. The van der Waals surface area contributed by atoms with Crippen LogP contribution in [0.25, 0.3) is 11.3 Å². The molecule has 4 heterocycles. The first-order valence-corrected chi connectivity index (χ1v) is 14.0. The number of nitrogens with zero attached hydrogens (tertiary/aromatic N) is 5. The smallest absolute Gasteiger partial charge is 0.263 e. The van der Waals surface area contributed by atoms with E-state index in [1.807, 2.05) is 39.8 Å². The zero-order chi connectivity index (χ0) is 29.5. The van der Waals surface area contributed by atoms with Crippen molar-refractivity contribution in [3.05, 3.63) is 47.7 Å². The highest BCUT2D eigenvalue weighted by atomic mass is 19.2. The average molecular weight is 571 g/mol. The van der Waals surface area contributed by atoms with Crippen LogP contribution in [-0.2, 0) is 0 Å². The lowest BCUT2D eigenvalue weighted by atomic mass is 9.90. The molecule has 5 rings (SSSR count). The van der Waals surface area contributed by atoms with Gasteiger partial charge >= 0.3 is 0 Å². The van der Waals surface area contributed by atoms with E-state index in [9.17, 15) is 4.39 Å². The molecule has 0 saturated carbocycles. The normalized spacial score (nSPS) is 19.8. The van der Waals surface area contributed by atoms with E-state index < -0.39 is 17.5 Å². The Morgan fingerprint density at radius 3 is 2.49 bits per heavy atom. The van der Waals surface area contributed by atoms with E-state index in [1.165, 1.54) is 6.92 Å². The minimum absolute atomic E-state index is 0.0695. The van der Waals surface area contributed by atoms with Crippen molar-refractivity contribution in [3.63, 3.8) is 0 Å². The number of fused-ring (bicyclic) bond motifs is 1. The quantitative estimate of drug-likeness (QED) is 0.348. The second kappa shape index (κ2) is 11.3. The Morgan fingerprint density at radius 1 is 1.07 bits per heavy atom. The summed E-state index contributed by atoms with van der Waals surface area (Å²) in [4.78, 5) is 17.1. The highest BCUT2D eigenvalue weighted by Crippen LogP contribution is 2.43. The van der Waals surface area contributed by atoms with Crippen LogP contribution in [0.2, 0.25) is 0 Å². The number of aromatic nitrogens is 3. The van der Waals surface area contributed by atoms with Crippen LogP contribution < -0.4 is 19.7 Å². The fraction of sp³-hybridized carbons (Fsp3) is 0.500. The molecule has 0 spiro atoms. The van der Waals surface area contributed by atoms with Crippen molar-refractivity contribution >= 4 is 17.5 Å². The molecule has 0 amide bonds. The molecule has 2 aliphatic rings. The van der Waals surface area contributed by atoms with E-state index in [1.54, 1.807) is 11.0 Å². The Morgan fingerprint density at radius 2 is 1.80 bits per heavy atom. The summed E-state index contributed by atoms with van der Waals surface area (Å²) in [7, 11) is 2.12. The highest BCUT2D eigenvalue weighted by Gasteiger charge is 2.38. The van der Waals surface area contributed by atoms with E-state index >= 15 is 8.78 Å². The number of rotatable bonds is 7. The maximum atomic E-state index is 15.2. The number of piperidine rings is 1. The van der Waals surface area contributed by atoms with Gasteiger partial charge in [-0.2, -0.15) is 9.37 Å². The molecule has 3 aromatic rings. The summed E-state index contributed by atoms with van der Waals surface area (Å²) >= 11 is 0. The summed E-state index contributed by atoms with van der Waals surface area (Å²) in [5, 5.41) is 3.04. The van der Waals surface area contributed by atoms with Gasteiger partial charge in [-0.3, -0.25) is 0 Å². The molecule has 1 unspecified atom stereocenters. The summed E-state index contributed by atoms with van der Waals surface area (Å²) in [6, 6.07) is 6.34. The third-order valence-electron chi connectivity index (χ3n) is 7.38. The summed E-state index contributed by atoms with van der Waals surface area (Å²) in [5.41, 5.74) is 1.46. The van der Waals surface area contributed by atoms with E-state index in [0.717, 1.165) is 43.8 Å². The molecule has 0 radical (unpaired) electrons. The lowest BCUT2D eigenvalue weighted by Crippen LogP contribution is -2.49. The van der Waals surface area contributed by atoms with Gasteiger partial charge in [0, 0.05) is 24.1 Å². The number of halogens is 3. The van der Waals surface area contributed by atoms with Crippen molar-refractivity contribution in [1.29, 1.82) is 0 Å². The minimum atomic E-state index is -2.06. The maximum absolute atomic E-state index is 15.2. The van der Waals surface area contributed by atoms with Gasteiger partial charge in [-0.05, 0) is 90.9 Å². The van der Waals surface area contributed by atoms with Gasteiger partial charge in [-0.25, -0.2) is 18.7 Å². The summed E-state index contributed by atoms with van der Waals surface area (Å²) in [6.45, 7) is 10.8. The summed E-state index contributed by atoms with van der Waals surface area (Å²) in [6.07, 6.45) is 2.99. The predicted molar refractivity (Wildman–Crippen MR) is 153 cm³/mol. The van der Waals surface area contributed by atoms with Gasteiger partial charge in [-0.1, -0.05) is 0 Å². The fourth-order valence-electron chi connectivity index (χ4n) is 5.34. The van der Waals surface area contributed by atoms with Gasteiger partial charge in [-0.15, -0.1) is 0 Å². The van der Waals surface area contributed by atoms with Gasteiger partial charge < -0.3 is 24.6 Å². The van der Waals surface area contributed by atoms with Crippen molar-refractivity contribution in [2.75, 3.05) is 36.9 Å². The molecular weight excluding hydrogens is 533 g/mol. The lowest BCUT2D eigenvalue weighted by Gasteiger charge is -2.40. The number of anilines is 3. The van der Waals surface area contributed by atoms with Crippen molar-refractivity contribution in [1.82, 2.24) is 19.9 Å².